The Morgan fingerprint density at radius 2 is 1.58 bits per heavy atom. The number of benzene rings is 2. The molecule has 33 heavy (non-hydrogen) atoms. The Morgan fingerprint density at radius 1 is 1.00 bits per heavy atom. The highest BCUT2D eigenvalue weighted by atomic mass is 19.4. The molecular weight excluding hydrogens is 447 g/mol. The SMILES string of the molecule is [2H][C@@H](NC(=O)OCc1ccccc1)[C@@H](OC(=O)[C@](OC)(c1ccccc1)C(F)(F)F)C(=O)OC. The van der Waals surface area contributed by atoms with Crippen LogP contribution in [0.1, 0.15) is 12.5 Å². The van der Waals surface area contributed by atoms with Gasteiger partial charge >= 0.3 is 24.2 Å². The van der Waals surface area contributed by atoms with Crippen molar-refractivity contribution in [3.8, 4) is 0 Å². The maximum Gasteiger partial charge on any atom is 0.432 e. The minimum Gasteiger partial charge on any atom is -0.466 e. The lowest BCUT2D eigenvalue weighted by Gasteiger charge is -2.33. The van der Waals surface area contributed by atoms with Crippen LogP contribution in [0.25, 0.3) is 0 Å². The first kappa shape index (κ1) is 24.1. The first-order valence-corrected chi connectivity index (χ1v) is 9.42. The first-order valence-electron chi connectivity index (χ1n) is 10.00. The van der Waals surface area contributed by atoms with Crippen LogP contribution in [-0.2, 0) is 40.7 Å². The van der Waals surface area contributed by atoms with Crippen molar-refractivity contribution in [3.05, 3.63) is 71.8 Å². The molecule has 2 aromatic carbocycles. The van der Waals surface area contributed by atoms with E-state index in [2.05, 4.69) is 9.47 Å². The smallest absolute Gasteiger partial charge is 0.432 e. The first-order chi connectivity index (χ1) is 16.1. The van der Waals surface area contributed by atoms with Crippen molar-refractivity contribution in [2.24, 2.45) is 0 Å². The van der Waals surface area contributed by atoms with Gasteiger partial charge in [-0.25, -0.2) is 14.4 Å². The number of ether oxygens (including phenoxy) is 4. The highest BCUT2D eigenvalue weighted by molar-refractivity contribution is 5.86. The number of esters is 2. The monoisotopic (exact) mass is 470 g/mol. The summed E-state index contributed by atoms with van der Waals surface area (Å²) in [4.78, 5) is 36.9. The van der Waals surface area contributed by atoms with Crippen molar-refractivity contribution in [1.82, 2.24) is 5.32 Å². The minimum absolute atomic E-state index is 0.184. The van der Waals surface area contributed by atoms with Crippen molar-refractivity contribution in [2.75, 3.05) is 20.7 Å². The largest absolute Gasteiger partial charge is 0.466 e. The fourth-order valence-electron chi connectivity index (χ4n) is 2.76. The van der Waals surface area contributed by atoms with Gasteiger partial charge in [0.2, 0.25) is 6.10 Å². The van der Waals surface area contributed by atoms with Crippen molar-refractivity contribution in [2.45, 2.75) is 24.5 Å². The Labute approximate surface area is 189 Å². The summed E-state index contributed by atoms with van der Waals surface area (Å²) >= 11 is 0. The lowest BCUT2D eigenvalue weighted by molar-refractivity contribution is -0.278. The van der Waals surface area contributed by atoms with Crippen LogP contribution in [0.5, 0.6) is 0 Å². The second-order valence-electron chi connectivity index (χ2n) is 6.47. The Bertz CT molecular complexity index is 975. The molecule has 0 aromatic heterocycles. The maximum atomic E-state index is 14.0. The average Bonchev–Trinajstić information content (AvgIpc) is 2.82. The van der Waals surface area contributed by atoms with Gasteiger partial charge in [-0.05, 0) is 5.56 Å². The molecule has 3 atom stereocenters. The molecule has 1 amide bonds. The second-order valence-corrected chi connectivity index (χ2v) is 6.47. The molecule has 2 rings (SSSR count). The Morgan fingerprint density at radius 3 is 2.09 bits per heavy atom. The summed E-state index contributed by atoms with van der Waals surface area (Å²) in [5, 5.41) is 1.92. The normalized spacial score (nSPS) is 15.2. The quantitative estimate of drug-likeness (QED) is 0.444. The lowest BCUT2D eigenvalue weighted by atomic mass is 9.92. The van der Waals surface area contributed by atoms with Crippen LogP contribution >= 0.6 is 0 Å². The van der Waals surface area contributed by atoms with Gasteiger partial charge in [-0.15, -0.1) is 0 Å². The van der Waals surface area contributed by atoms with Gasteiger partial charge in [-0.3, -0.25) is 0 Å². The fourth-order valence-corrected chi connectivity index (χ4v) is 2.76. The summed E-state index contributed by atoms with van der Waals surface area (Å²) in [7, 11) is 1.51. The molecule has 0 bridgehead atoms. The number of rotatable bonds is 9. The Hall–Kier alpha value is -3.60. The zero-order valence-corrected chi connectivity index (χ0v) is 17.6. The molecule has 8 nitrogen and oxygen atoms in total. The van der Waals surface area contributed by atoms with Gasteiger partial charge in [-0.1, -0.05) is 60.7 Å². The number of alkyl carbamates (subject to hydrolysis) is 1. The summed E-state index contributed by atoms with van der Waals surface area (Å²) in [6.07, 6.45) is -8.74. The zero-order valence-electron chi connectivity index (χ0n) is 18.6. The van der Waals surface area contributed by atoms with E-state index >= 15 is 0 Å². The van der Waals surface area contributed by atoms with Crippen LogP contribution in [0.3, 0.4) is 0 Å². The maximum absolute atomic E-state index is 14.0. The molecule has 0 radical (unpaired) electrons. The van der Waals surface area contributed by atoms with E-state index in [1.807, 2.05) is 5.32 Å². The third-order valence-electron chi connectivity index (χ3n) is 4.41. The summed E-state index contributed by atoms with van der Waals surface area (Å²) < 4.78 is 68.8. The van der Waals surface area contributed by atoms with E-state index < -0.39 is 48.0 Å². The molecule has 0 unspecified atom stereocenters. The molecule has 0 aliphatic heterocycles. The summed E-state index contributed by atoms with van der Waals surface area (Å²) in [5.41, 5.74) is -3.60. The summed E-state index contributed by atoms with van der Waals surface area (Å²) in [6.45, 7) is -2.24. The predicted molar refractivity (Wildman–Crippen MR) is 108 cm³/mol. The van der Waals surface area contributed by atoms with Gasteiger partial charge in [0.05, 0.1) is 15.0 Å². The average molecular weight is 470 g/mol. The fraction of sp³-hybridized carbons (Fsp3) is 0.318. The van der Waals surface area contributed by atoms with Crippen LogP contribution in [-0.4, -0.2) is 51.1 Å². The number of hydrogen-bond donors (Lipinski definition) is 1. The van der Waals surface area contributed by atoms with Crippen molar-refractivity contribution < 1.29 is 47.9 Å². The van der Waals surface area contributed by atoms with E-state index in [4.69, 9.17) is 10.8 Å². The van der Waals surface area contributed by atoms with Gasteiger partial charge in [0, 0.05) is 12.7 Å². The van der Waals surface area contributed by atoms with E-state index in [-0.39, 0.29) is 6.61 Å². The van der Waals surface area contributed by atoms with E-state index in [1.165, 1.54) is 18.2 Å². The highest BCUT2D eigenvalue weighted by Gasteiger charge is 2.64. The van der Waals surface area contributed by atoms with Gasteiger partial charge < -0.3 is 24.3 Å². The van der Waals surface area contributed by atoms with Gasteiger partial charge in [0.1, 0.15) is 6.61 Å². The molecule has 178 valence electrons. The highest BCUT2D eigenvalue weighted by Crippen LogP contribution is 2.43. The number of nitrogens with one attached hydrogen (secondary N) is 1. The molecule has 0 fully saturated rings. The molecule has 0 aliphatic carbocycles. The van der Waals surface area contributed by atoms with Crippen LogP contribution in [0.4, 0.5) is 18.0 Å². The van der Waals surface area contributed by atoms with Crippen molar-refractivity contribution in [3.63, 3.8) is 0 Å². The summed E-state index contributed by atoms with van der Waals surface area (Å²) in [6, 6.07) is 14.4. The van der Waals surface area contributed by atoms with E-state index in [0.717, 1.165) is 19.2 Å². The number of alkyl halides is 3. The molecular formula is C22H22F3NO7. The molecule has 0 saturated carbocycles. The number of methoxy groups -OCH3 is 2. The van der Waals surface area contributed by atoms with Crippen LogP contribution in [0.2, 0.25) is 0 Å². The molecule has 0 spiro atoms. The molecule has 0 heterocycles. The van der Waals surface area contributed by atoms with E-state index in [0.29, 0.717) is 12.7 Å². The number of hydrogen-bond acceptors (Lipinski definition) is 7. The number of halogens is 3. The third kappa shape index (κ3) is 6.22. The molecule has 1 N–H and O–H groups in total. The Kier molecular flexibility index (Phi) is 8.25. The predicted octanol–water partition coefficient (Wildman–Crippen LogP) is 3.10. The molecule has 11 heteroatoms. The van der Waals surface area contributed by atoms with Crippen LogP contribution in [0, 0.1) is 0 Å². The van der Waals surface area contributed by atoms with E-state index in [9.17, 15) is 27.6 Å². The topological polar surface area (TPSA) is 100 Å². The van der Waals surface area contributed by atoms with Crippen LogP contribution < -0.4 is 5.32 Å². The van der Waals surface area contributed by atoms with Gasteiger partial charge in [0.15, 0.2) is 0 Å². The van der Waals surface area contributed by atoms with Gasteiger partial charge in [0.25, 0.3) is 5.60 Å². The second kappa shape index (κ2) is 11.3. The number of carbonyl (C=O) groups excluding carboxylic acids is 3. The standard InChI is InChI=1S/C22H22F3NO7/c1-30-18(27)17(13-26-20(29)32-14-15-9-5-3-6-10-15)33-19(28)21(31-2,22(23,24)25)16-11-7-4-8-12-16/h3-12,17H,13-14H2,1-2H3,(H,26,29)/t17-,21-/m1/s1/i13D/t13-,17-,21-. The lowest BCUT2D eigenvalue weighted by Crippen LogP contribution is -2.54. The molecule has 0 aliphatic rings. The van der Waals surface area contributed by atoms with Crippen molar-refractivity contribution in [1.29, 1.82) is 0 Å². The zero-order chi connectivity index (χ0) is 25.4. The van der Waals surface area contributed by atoms with E-state index in [1.54, 1.807) is 30.3 Å². The van der Waals surface area contributed by atoms with Crippen LogP contribution in [0.15, 0.2) is 60.7 Å². The third-order valence-corrected chi connectivity index (χ3v) is 4.41. The number of carbonyl (C=O) groups is 3. The molecule has 2 aromatic rings. The minimum atomic E-state index is -5.31. The van der Waals surface area contributed by atoms with Crippen molar-refractivity contribution >= 4 is 18.0 Å². The summed E-state index contributed by atoms with van der Waals surface area (Å²) in [5.74, 6) is -3.40. The Balaban J connectivity index is 2.22. The van der Waals surface area contributed by atoms with Gasteiger partial charge in [-0.2, -0.15) is 13.2 Å². The molecule has 0 saturated heterocycles. The number of amides is 1.